The third-order valence-electron chi connectivity index (χ3n) is 2.88. The summed E-state index contributed by atoms with van der Waals surface area (Å²) in [5.41, 5.74) is -0.594. The van der Waals surface area contributed by atoms with Gasteiger partial charge in [-0.05, 0) is 6.42 Å². The van der Waals surface area contributed by atoms with Gasteiger partial charge in [0.15, 0.2) is 6.23 Å². The van der Waals surface area contributed by atoms with E-state index < -0.39 is 17.6 Å². The molecule has 1 heterocycles. The molecule has 2 amide bonds. The van der Waals surface area contributed by atoms with E-state index in [9.17, 15) is 14.4 Å². The Kier molecular flexibility index (Phi) is 3.91. The molecule has 1 aliphatic heterocycles. The zero-order valence-corrected chi connectivity index (χ0v) is 10.8. The quantitative estimate of drug-likeness (QED) is 0.552. The number of esters is 1. The Hall–Kier alpha value is -1.39. The largest absolute Gasteiger partial charge is 0.441 e. The van der Waals surface area contributed by atoms with Gasteiger partial charge in [-0.3, -0.25) is 14.4 Å². The van der Waals surface area contributed by atoms with Gasteiger partial charge in [-0.2, -0.15) is 0 Å². The molecule has 17 heavy (non-hydrogen) atoms. The summed E-state index contributed by atoms with van der Waals surface area (Å²) in [7, 11) is 0. The van der Waals surface area contributed by atoms with E-state index in [1.54, 1.807) is 13.8 Å². The van der Waals surface area contributed by atoms with Crippen LogP contribution in [-0.4, -0.2) is 28.9 Å². The van der Waals surface area contributed by atoms with E-state index in [0.717, 1.165) is 11.3 Å². The predicted molar refractivity (Wildman–Crippen MR) is 60.7 cm³/mol. The van der Waals surface area contributed by atoms with Crippen LogP contribution in [0.1, 0.15) is 47.0 Å². The highest BCUT2D eigenvalue weighted by molar-refractivity contribution is 6.02. The standard InChI is InChI=1S/C12H19NO4/c1-5-6-12(3,4)11(16)13-9(15)7-10(13)17-8(2)14/h10H,5-7H2,1-4H3. The van der Waals surface area contributed by atoms with Gasteiger partial charge in [0, 0.05) is 12.3 Å². The number of hydrogen-bond donors (Lipinski definition) is 0. The number of likely N-dealkylation sites (tertiary alicyclic amines) is 1. The molecule has 0 spiro atoms. The van der Waals surface area contributed by atoms with Crippen LogP contribution in [0.15, 0.2) is 0 Å². The summed E-state index contributed by atoms with van der Waals surface area (Å²) in [4.78, 5) is 35.5. The summed E-state index contributed by atoms with van der Waals surface area (Å²) < 4.78 is 4.91. The molecule has 0 saturated carbocycles. The molecule has 0 N–H and O–H groups in total. The van der Waals surface area contributed by atoms with Crippen LogP contribution in [0.4, 0.5) is 0 Å². The summed E-state index contributed by atoms with van der Waals surface area (Å²) in [6.07, 6.45) is 0.957. The van der Waals surface area contributed by atoms with Gasteiger partial charge in [-0.1, -0.05) is 27.2 Å². The first-order valence-corrected chi connectivity index (χ1v) is 5.83. The molecule has 1 aliphatic rings. The number of rotatable bonds is 4. The molecule has 5 nitrogen and oxygen atoms in total. The zero-order chi connectivity index (χ0) is 13.2. The third kappa shape index (κ3) is 2.84. The Morgan fingerprint density at radius 3 is 2.47 bits per heavy atom. The Morgan fingerprint density at radius 2 is 2.06 bits per heavy atom. The van der Waals surface area contributed by atoms with Crippen LogP contribution >= 0.6 is 0 Å². The SMILES string of the molecule is CCCC(C)(C)C(=O)N1C(=O)CC1OC(C)=O. The monoisotopic (exact) mass is 241 g/mol. The number of nitrogens with zero attached hydrogens (tertiary/aromatic N) is 1. The lowest BCUT2D eigenvalue weighted by Gasteiger charge is -2.41. The number of ether oxygens (including phenoxy) is 1. The van der Waals surface area contributed by atoms with E-state index in [2.05, 4.69) is 0 Å². The molecular formula is C12H19NO4. The second kappa shape index (κ2) is 4.85. The number of amides is 2. The lowest BCUT2D eigenvalue weighted by atomic mass is 9.85. The highest BCUT2D eigenvalue weighted by Crippen LogP contribution is 2.31. The lowest BCUT2D eigenvalue weighted by Crippen LogP contribution is -2.60. The molecule has 1 atom stereocenters. The number of carbonyl (C=O) groups is 3. The van der Waals surface area contributed by atoms with Crippen LogP contribution in [0.5, 0.6) is 0 Å². The minimum absolute atomic E-state index is 0.105. The second-order valence-electron chi connectivity index (χ2n) is 4.97. The Bertz CT molecular complexity index is 348. The Morgan fingerprint density at radius 1 is 1.47 bits per heavy atom. The van der Waals surface area contributed by atoms with Gasteiger partial charge >= 0.3 is 5.97 Å². The fourth-order valence-corrected chi connectivity index (χ4v) is 1.98. The van der Waals surface area contributed by atoms with Crippen LogP contribution < -0.4 is 0 Å². The minimum atomic E-state index is -0.705. The summed E-state index contributed by atoms with van der Waals surface area (Å²) in [5.74, 6) is -1.01. The summed E-state index contributed by atoms with van der Waals surface area (Å²) >= 11 is 0. The number of hydrogen-bond acceptors (Lipinski definition) is 4. The smallest absolute Gasteiger partial charge is 0.304 e. The maximum absolute atomic E-state index is 12.2. The van der Waals surface area contributed by atoms with E-state index in [4.69, 9.17) is 4.74 Å². The summed E-state index contributed by atoms with van der Waals surface area (Å²) in [6, 6.07) is 0. The van der Waals surface area contributed by atoms with Crippen molar-refractivity contribution in [1.29, 1.82) is 0 Å². The molecular weight excluding hydrogens is 222 g/mol. The average molecular weight is 241 g/mol. The zero-order valence-electron chi connectivity index (χ0n) is 10.8. The van der Waals surface area contributed by atoms with E-state index in [1.807, 2.05) is 6.92 Å². The minimum Gasteiger partial charge on any atom is -0.441 e. The molecule has 0 radical (unpaired) electrons. The molecule has 0 aromatic heterocycles. The maximum atomic E-state index is 12.2. The molecule has 1 fully saturated rings. The Labute approximate surface area is 101 Å². The summed E-state index contributed by atoms with van der Waals surface area (Å²) in [5, 5.41) is 0. The molecule has 96 valence electrons. The first kappa shape index (κ1) is 13.7. The van der Waals surface area contributed by atoms with Crippen molar-refractivity contribution >= 4 is 17.8 Å². The van der Waals surface area contributed by atoms with Crippen LogP contribution in [0.25, 0.3) is 0 Å². The van der Waals surface area contributed by atoms with Crippen molar-refractivity contribution < 1.29 is 19.1 Å². The maximum Gasteiger partial charge on any atom is 0.304 e. The topological polar surface area (TPSA) is 63.7 Å². The van der Waals surface area contributed by atoms with E-state index in [1.165, 1.54) is 6.92 Å². The molecule has 0 bridgehead atoms. The average Bonchev–Trinajstić information content (AvgIpc) is 2.15. The highest BCUT2D eigenvalue weighted by Gasteiger charge is 2.47. The van der Waals surface area contributed by atoms with Crippen molar-refractivity contribution in [3.05, 3.63) is 0 Å². The van der Waals surface area contributed by atoms with Gasteiger partial charge in [0.05, 0.1) is 6.42 Å². The van der Waals surface area contributed by atoms with E-state index in [0.29, 0.717) is 6.42 Å². The number of β-lactam (4-membered cyclic amide) rings is 1. The first-order chi connectivity index (χ1) is 7.79. The van der Waals surface area contributed by atoms with E-state index >= 15 is 0 Å². The van der Waals surface area contributed by atoms with Crippen molar-refractivity contribution in [3.63, 3.8) is 0 Å². The molecule has 1 unspecified atom stereocenters. The van der Waals surface area contributed by atoms with Gasteiger partial charge in [0.25, 0.3) is 0 Å². The molecule has 1 rings (SSSR count). The van der Waals surface area contributed by atoms with Crippen molar-refractivity contribution in [2.45, 2.75) is 53.2 Å². The second-order valence-corrected chi connectivity index (χ2v) is 4.97. The first-order valence-electron chi connectivity index (χ1n) is 5.83. The van der Waals surface area contributed by atoms with E-state index in [-0.39, 0.29) is 18.2 Å². The third-order valence-corrected chi connectivity index (χ3v) is 2.88. The highest BCUT2D eigenvalue weighted by atomic mass is 16.6. The van der Waals surface area contributed by atoms with Gasteiger partial charge in [0.1, 0.15) is 0 Å². The van der Waals surface area contributed by atoms with Crippen molar-refractivity contribution in [2.24, 2.45) is 5.41 Å². The number of imide groups is 1. The van der Waals surface area contributed by atoms with Gasteiger partial charge < -0.3 is 4.74 Å². The Balaban J connectivity index is 2.73. The predicted octanol–water partition coefficient (Wildman–Crippen LogP) is 1.46. The fraction of sp³-hybridized carbons (Fsp3) is 0.750. The molecule has 5 heteroatoms. The molecule has 0 aromatic rings. The van der Waals surface area contributed by atoms with Crippen LogP contribution in [-0.2, 0) is 19.1 Å². The van der Waals surface area contributed by atoms with Gasteiger partial charge in [-0.25, -0.2) is 4.90 Å². The van der Waals surface area contributed by atoms with Crippen LogP contribution in [0.3, 0.4) is 0 Å². The van der Waals surface area contributed by atoms with Crippen molar-refractivity contribution in [3.8, 4) is 0 Å². The van der Waals surface area contributed by atoms with Crippen molar-refractivity contribution in [1.82, 2.24) is 4.90 Å². The van der Waals surface area contributed by atoms with Gasteiger partial charge in [0.2, 0.25) is 11.8 Å². The summed E-state index contributed by atoms with van der Waals surface area (Å²) in [6.45, 7) is 6.85. The van der Waals surface area contributed by atoms with Crippen LogP contribution in [0.2, 0.25) is 0 Å². The van der Waals surface area contributed by atoms with Crippen LogP contribution in [0, 0.1) is 5.41 Å². The van der Waals surface area contributed by atoms with Crippen molar-refractivity contribution in [2.75, 3.05) is 0 Å². The fourth-order valence-electron chi connectivity index (χ4n) is 1.98. The van der Waals surface area contributed by atoms with Gasteiger partial charge in [-0.15, -0.1) is 0 Å². The molecule has 1 saturated heterocycles. The molecule has 0 aliphatic carbocycles. The molecule has 0 aromatic carbocycles. The lowest BCUT2D eigenvalue weighted by molar-refractivity contribution is -0.190. The normalized spacial score (nSPS) is 19.9. The number of carbonyl (C=O) groups excluding carboxylic acids is 3.